The summed E-state index contributed by atoms with van der Waals surface area (Å²) in [5, 5.41) is 0. The maximum absolute atomic E-state index is 12.6. The summed E-state index contributed by atoms with van der Waals surface area (Å²) >= 11 is 0. The lowest BCUT2D eigenvalue weighted by molar-refractivity contribution is 0.236. The van der Waals surface area contributed by atoms with E-state index in [1.54, 1.807) is 14.2 Å². The van der Waals surface area contributed by atoms with Crippen molar-refractivity contribution in [2.24, 2.45) is 0 Å². The normalized spacial score (nSPS) is 13.8. The van der Waals surface area contributed by atoms with Crippen LogP contribution in [0.1, 0.15) is 22.4 Å². The largest absolute Gasteiger partial charge is 0.496 e. The van der Waals surface area contributed by atoms with Crippen molar-refractivity contribution in [1.82, 2.24) is 14.9 Å². The van der Waals surface area contributed by atoms with Crippen LogP contribution in [0.25, 0.3) is 11.4 Å². The van der Waals surface area contributed by atoms with Crippen molar-refractivity contribution in [3.63, 3.8) is 0 Å². The Morgan fingerprint density at radius 3 is 2.62 bits per heavy atom. The zero-order chi connectivity index (χ0) is 20.4. The topological polar surface area (TPSA) is 67.5 Å². The van der Waals surface area contributed by atoms with Crippen molar-refractivity contribution < 1.29 is 9.47 Å². The summed E-state index contributed by atoms with van der Waals surface area (Å²) in [5.41, 5.74) is 4.61. The molecule has 6 heteroatoms. The summed E-state index contributed by atoms with van der Waals surface area (Å²) in [5.74, 6) is 2.28. The number of hydrogen-bond acceptors (Lipinski definition) is 5. The van der Waals surface area contributed by atoms with E-state index < -0.39 is 0 Å². The summed E-state index contributed by atoms with van der Waals surface area (Å²) < 4.78 is 11.1. The fraction of sp³-hybridized carbons (Fsp3) is 0.304. The number of rotatable bonds is 5. The maximum atomic E-state index is 12.6. The smallest absolute Gasteiger partial charge is 0.254 e. The molecule has 0 radical (unpaired) electrons. The van der Waals surface area contributed by atoms with E-state index in [-0.39, 0.29) is 5.56 Å². The first kappa shape index (κ1) is 19.2. The van der Waals surface area contributed by atoms with Crippen LogP contribution in [0.5, 0.6) is 11.5 Å². The molecule has 3 aromatic rings. The van der Waals surface area contributed by atoms with Crippen LogP contribution in [-0.2, 0) is 19.5 Å². The van der Waals surface area contributed by atoms with Gasteiger partial charge in [0.15, 0.2) is 0 Å². The lowest BCUT2D eigenvalue weighted by atomic mass is 10.0. The van der Waals surface area contributed by atoms with Crippen molar-refractivity contribution in [1.29, 1.82) is 0 Å². The summed E-state index contributed by atoms with van der Waals surface area (Å²) in [6.45, 7) is 4.16. The van der Waals surface area contributed by atoms with Gasteiger partial charge in [-0.05, 0) is 19.4 Å². The van der Waals surface area contributed by atoms with Crippen LogP contribution in [0.3, 0.4) is 0 Å². The molecule has 2 heterocycles. The Morgan fingerprint density at radius 2 is 1.90 bits per heavy atom. The molecule has 0 fully saturated rings. The van der Waals surface area contributed by atoms with Gasteiger partial charge in [-0.3, -0.25) is 9.69 Å². The summed E-state index contributed by atoms with van der Waals surface area (Å²) in [7, 11) is 3.35. The highest BCUT2D eigenvalue weighted by molar-refractivity contribution is 5.55. The van der Waals surface area contributed by atoms with Gasteiger partial charge in [0.05, 0.1) is 19.9 Å². The predicted molar refractivity (Wildman–Crippen MR) is 112 cm³/mol. The van der Waals surface area contributed by atoms with Crippen molar-refractivity contribution in [3.05, 3.63) is 75.2 Å². The Morgan fingerprint density at radius 1 is 1.10 bits per heavy atom. The molecule has 0 saturated heterocycles. The second-order valence-electron chi connectivity index (χ2n) is 7.25. The molecular weight excluding hydrogens is 366 g/mol. The average Bonchev–Trinajstić information content (AvgIpc) is 2.74. The zero-order valence-corrected chi connectivity index (χ0v) is 17.0. The molecule has 2 aromatic carbocycles. The van der Waals surface area contributed by atoms with E-state index >= 15 is 0 Å². The second-order valence-corrected chi connectivity index (χ2v) is 7.25. The lowest BCUT2D eigenvalue weighted by Crippen LogP contribution is -2.35. The number of methoxy groups -OCH3 is 2. The molecule has 1 aliphatic rings. The molecule has 29 heavy (non-hydrogen) atoms. The third-order valence-corrected chi connectivity index (χ3v) is 5.46. The van der Waals surface area contributed by atoms with Gasteiger partial charge in [0.25, 0.3) is 5.56 Å². The third-order valence-electron chi connectivity index (χ3n) is 5.46. The first-order valence-electron chi connectivity index (χ1n) is 9.71. The molecule has 150 valence electrons. The van der Waals surface area contributed by atoms with Crippen LogP contribution < -0.4 is 15.0 Å². The minimum absolute atomic E-state index is 0.0358. The monoisotopic (exact) mass is 391 g/mol. The Hall–Kier alpha value is -3.12. The van der Waals surface area contributed by atoms with E-state index in [0.717, 1.165) is 52.5 Å². The Balaban J connectivity index is 1.62. The van der Waals surface area contributed by atoms with E-state index in [0.29, 0.717) is 18.8 Å². The Labute approximate surface area is 170 Å². The minimum Gasteiger partial charge on any atom is -0.496 e. The fourth-order valence-corrected chi connectivity index (χ4v) is 3.96. The van der Waals surface area contributed by atoms with Crippen LogP contribution in [0.15, 0.2) is 47.3 Å². The molecule has 4 rings (SSSR count). The zero-order valence-electron chi connectivity index (χ0n) is 17.0. The molecule has 1 aromatic heterocycles. The van der Waals surface area contributed by atoms with Crippen LogP contribution in [-0.4, -0.2) is 35.6 Å². The van der Waals surface area contributed by atoms with E-state index in [9.17, 15) is 4.79 Å². The summed E-state index contributed by atoms with van der Waals surface area (Å²) in [6, 6.07) is 13.8. The molecule has 6 nitrogen and oxygen atoms in total. The van der Waals surface area contributed by atoms with E-state index in [1.807, 2.05) is 49.4 Å². The van der Waals surface area contributed by atoms with Gasteiger partial charge >= 0.3 is 0 Å². The van der Waals surface area contributed by atoms with Crippen LogP contribution >= 0.6 is 0 Å². The van der Waals surface area contributed by atoms with Gasteiger partial charge in [-0.2, -0.15) is 0 Å². The lowest BCUT2D eigenvalue weighted by Gasteiger charge is -2.28. The number of fused-ring (bicyclic) bond motifs is 1. The molecule has 0 amide bonds. The van der Waals surface area contributed by atoms with E-state index in [2.05, 4.69) is 9.88 Å². The molecule has 1 aliphatic heterocycles. The quantitative estimate of drug-likeness (QED) is 0.723. The number of nitrogens with one attached hydrogen (secondary N) is 1. The SMILES string of the molecule is COc1ccc(CN2CCc3c(nc(-c4ccccc4)[nH]c3=O)C2)c(OC)c1C. The van der Waals surface area contributed by atoms with Crippen molar-refractivity contribution in [3.8, 4) is 22.9 Å². The van der Waals surface area contributed by atoms with Gasteiger partial charge in [0.2, 0.25) is 0 Å². The van der Waals surface area contributed by atoms with Gasteiger partial charge in [0, 0.05) is 41.9 Å². The van der Waals surface area contributed by atoms with Gasteiger partial charge in [-0.1, -0.05) is 36.4 Å². The molecule has 0 saturated carbocycles. The number of aromatic amines is 1. The molecule has 0 unspecified atom stereocenters. The first-order valence-corrected chi connectivity index (χ1v) is 9.71. The minimum atomic E-state index is -0.0358. The van der Waals surface area contributed by atoms with Crippen LogP contribution in [0.4, 0.5) is 0 Å². The molecule has 0 aliphatic carbocycles. The second kappa shape index (κ2) is 8.09. The van der Waals surface area contributed by atoms with Gasteiger partial charge < -0.3 is 14.5 Å². The summed E-state index contributed by atoms with van der Waals surface area (Å²) in [6.07, 6.45) is 0.685. The Bertz CT molecular complexity index is 1080. The van der Waals surface area contributed by atoms with Gasteiger partial charge in [-0.25, -0.2) is 4.98 Å². The van der Waals surface area contributed by atoms with Crippen molar-refractivity contribution >= 4 is 0 Å². The average molecular weight is 391 g/mol. The highest BCUT2D eigenvalue weighted by Gasteiger charge is 2.23. The molecule has 0 spiro atoms. The number of hydrogen-bond donors (Lipinski definition) is 1. The van der Waals surface area contributed by atoms with Crippen LogP contribution in [0, 0.1) is 6.92 Å². The van der Waals surface area contributed by atoms with Gasteiger partial charge in [0.1, 0.15) is 17.3 Å². The van der Waals surface area contributed by atoms with Crippen molar-refractivity contribution in [2.45, 2.75) is 26.4 Å². The Kier molecular flexibility index (Phi) is 5.36. The summed E-state index contributed by atoms with van der Waals surface area (Å²) in [4.78, 5) is 22.6. The first-order chi connectivity index (χ1) is 14.1. The molecule has 0 atom stereocenters. The van der Waals surface area contributed by atoms with Crippen LogP contribution in [0.2, 0.25) is 0 Å². The van der Waals surface area contributed by atoms with Gasteiger partial charge in [-0.15, -0.1) is 0 Å². The predicted octanol–water partition coefficient (Wildman–Crippen LogP) is 3.32. The van der Waals surface area contributed by atoms with E-state index in [4.69, 9.17) is 14.5 Å². The fourth-order valence-electron chi connectivity index (χ4n) is 3.96. The van der Waals surface area contributed by atoms with Crippen molar-refractivity contribution in [2.75, 3.05) is 20.8 Å². The highest BCUT2D eigenvalue weighted by Crippen LogP contribution is 2.32. The third kappa shape index (κ3) is 3.76. The standard InChI is InChI=1S/C23H25N3O3/c1-15-20(28-2)10-9-17(21(15)29-3)13-26-12-11-18-19(14-26)24-22(25-23(18)27)16-7-5-4-6-8-16/h4-10H,11-14H2,1-3H3,(H,24,25,27). The number of nitrogens with zero attached hydrogens (tertiary/aromatic N) is 2. The number of H-pyrrole nitrogens is 1. The number of ether oxygens (including phenoxy) is 2. The maximum Gasteiger partial charge on any atom is 0.254 e. The molecule has 0 bridgehead atoms. The highest BCUT2D eigenvalue weighted by atomic mass is 16.5. The molecule has 1 N–H and O–H groups in total. The molecular formula is C23H25N3O3. The van der Waals surface area contributed by atoms with E-state index in [1.165, 1.54) is 0 Å². The number of benzene rings is 2. The number of aromatic nitrogens is 2.